The molecule has 0 amide bonds. The lowest BCUT2D eigenvalue weighted by molar-refractivity contribution is -0.141. The zero-order chi connectivity index (χ0) is 24.0. The molecule has 4 rings (SSSR count). The van der Waals surface area contributed by atoms with Gasteiger partial charge in [-0.15, -0.1) is 0 Å². The van der Waals surface area contributed by atoms with Crippen molar-refractivity contribution < 1.29 is 31.5 Å². The molecule has 1 aliphatic carbocycles. The fraction of sp³-hybridized carbons (Fsp3) is 0.429. The van der Waals surface area contributed by atoms with Crippen LogP contribution in [0.3, 0.4) is 0 Å². The highest BCUT2D eigenvalue weighted by Crippen LogP contribution is 2.57. The van der Waals surface area contributed by atoms with Crippen LogP contribution >= 0.6 is 0 Å². The summed E-state index contributed by atoms with van der Waals surface area (Å²) in [5.74, 6) is -1.86. The molecule has 178 valence electrons. The maximum atomic E-state index is 13.1. The lowest BCUT2D eigenvalue weighted by Gasteiger charge is -2.35. The largest absolute Gasteiger partial charge is 0.480 e. The predicted octanol–water partition coefficient (Wildman–Crippen LogP) is 2.31. The molecule has 1 aliphatic heterocycles. The summed E-state index contributed by atoms with van der Waals surface area (Å²) in [4.78, 5) is 17.7. The Bertz CT molecular complexity index is 1120. The van der Waals surface area contributed by atoms with Crippen LogP contribution in [0.4, 0.5) is 19.0 Å². The molecular weight excluding hydrogens is 461 g/mol. The van der Waals surface area contributed by atoms with E-state index in [2.05, 4.69) is 9.71 Å². The number of hydrogen-bond donors (Lipinski definition) is 2. The number of alkyl halides is 3. The maximum absolute atomic E-state index is 13.1. The minimum atomic E-state index is -4.48. The summed E-state index contributed by atoms with van der Waals surface area (Å²) >= 11 is 0. The second-order valence-electron chi connectivity index (χ2n) is 8.25. The van der Waals surface area contributed by atoms with Crippen molar-refractivity contribution in [2.24, 2.45) is 5.92 Å². The second-order valence-corrected chi connectivity index (χ2v) is 9.92. The van der Waals surface area contributed by atoms with Gasteiger partial charge in [0.2, 0.25) is 0 Å². The number of anilines is 1. The lowest BCUT2D eigenvalue weighted by atomic mass is 10.1. The van der Waals surface area contributed by atoms with E-state index < -0.39 is 45.3 Å². The van der Waals surface area contributed by atoms with Gasteiger partial charge in [-0.25, -0.2) is 4.98 Å². The van der Waals surface area contributed by atoms with Crippen molar-refractivity contribution in [3.63, 3.8) is 0 Å². The molecule has 0 spiro atoms. The topological polar surface area (TPSA) is 103 Å². The van der Waals surface area contributed by atoms with E-state index in [4.69, 9.17) is 0 Å². The number of carbonyl (C=O) groups is 1. The van der Waals surface area contributed by atoms with E-state index >= 15 is 0 Å². The maximum Gasteiger partial charge on any atom is 0.417 e. The van der Waals surface area contributed by atoms with Gasteiger partial charge in [0.1, 0.15) is 11.4 Å². The highest BCUT2D eigenvalue weighted by atomic mass is 32.2. The van der Waals surface area contributed by atoms with E-state index in [9.17, 15) is 31.5 Å². The number of carboxylic acid groups (broad SMARTS) is 1. The molecule has 0 bridgehead atoms. The first-order valence-corrected chi connectivity index (χ1v) is 11.8. The first-order chi connectivity index (χ1) is 15.5. The summed E-state index contributed by atoms with van der Waals surface area (Å²) < 4.78 is 67.9. The summed E-state index contributed by atoms with van der Waals surface area (Å²) in [5.41, 5.74) is -1.75. The molecule has 1 saturated carbocycles. The lowest BCUT2D eigenvalue weighted by Crippen LogP contribution is -2.56. The smallest absolute Gasteiger partial charge is 0.417 e. The van der Waals surface area contributed by atoms with E-state index in [1.165, 1.54) is 6.07 Å². The molecule has 3 atom stereocenters. The number of aromatic nitrogens is 1. The Morgan fingerprint density at radius 2 is 1.76 bits per heavy atom. The summed E-state index contributed by atoms with van der Waals surface area (Å²) in [5, 5.41) is 9.90. The van der Waals surface area contributed by atoms with Crippen molar-refractivity contribution in [3.8, 4) is 0 Å². The predicted molar refractivity (Wildman–Crippen MR) is 114 cm³/mol. The standard InChI is InChI=1S/C21H23F3N4O4S/c1-14-18(15-5-3-2-4-6-15)20(14,19(29)30)26-33(31,32)28-11-9-27(10-12-28)17-8-7-16(13-25-17)21(22,23)24/h2-8,13-14,18,26H,9-12H2,1H3,(H,29,30)/t14-,18?,20-/m0/s1. The molecule has 33 heavy (non-hydrogen) atoms. The summed E-state index contributed by atoms with van der Waals surface area (Å²) in [7, 11) is -4.12. The molecule has 8 nitrogen and oxygen atoms in total. The molecule has 1 unspecified atom stereocenters. The Hall–Kier alpha value is -2.70. The molecule has 2 aliphatic rings. The quantitative estimate of drug-likeness (QED) is 0.653. The van der Waals surface area contributed by atoms with Crippen molar-refractivity contribution in [1.82, 2.24) is 14.0 Å². The minimum absolute atomic E-state index is 0.0398. The highest BCUT2D eigenvalue weighted by Gasteiger charge is 2.70. The normalized spacial score (nSPS) is 26.2. The molecule has 1 saturated heterocycles. The van der Waals surface area contributed by atoms with Crippen LogP contribution in [0.2, 0.25) is 0 Å². The van der Waals surface area contributed by atoms with Crippen LogP contribution in [-0.2, 0) is 21.2 Å². The summed E-state index contributed by atoms with van der Waals surface area (Å²) in [6, 6.07) is 11.1. The monoisotopic (exact) mass is 484 g/mol. The number of aliphatic carboxylic acids is 1. The molecule has 2 heterocycles. The van der Waals surface area contributed by atoms with Gasteiger partial charge in [-0.05, 0) is 23.6 Å². The van der Waals surface area contributed by atoms with Crippen molar-refractivity contribution in [1.29, 1.82) is 0 Å². The van der Waals surface area contributed by atoms with Gasteiger partial charge in [-0.2, -0.15) is 30.6 Å². The van der Waals surface area contributed by atoms with Crippen LogP contribution in [0.25, 0.3) is 0 Å². The summed E-state index contributed by atoms with van der Waals surface area (Å²) in [6.07, 6.45) is -3.74. The number of benzene rings is 1. The second kappa shape index (κ2) is 8.26. The molecule has 1 aromatic carbocycles. The molecular formula is C21H23F3N4O4S. The van der Waals surface area contributed by atoms with E-state index in [1.807, 2.05) is 0 Å². The van der Waals surface area contributed by atoms with Crippen molar-refractivity contribution in [2.75, 3.05) is 31.1 Å². The molecule has 0 radical (unpaired) electrons. The number of hydrogen-bond acceptors (Lipinski definition) is 5. The van der Waals surface area contributed by atoms with E-state index in [0.717, 1.165) is 22.1 Å². The number of nitrogens with zero attached hydrogens (tertiary/aromatic N) is 3. The number of pyridine rings is 1. The Kier molecular flexibility index (Phi) is 5.87. The van der Waals surface area contributed by atoms with Gasteiger partial charge >= 0.3 is 12.1 Å². The van der Waals surface area contributed by atoms with Gasteiger partial charge in [0.05, 0.1) is 5.56 Å². The number of piperazine rings is 1. The molecule has 2 N–H and O–H groups in total. The van der Waals surface area contributed by atoms with E-state index in [0.29, 0.717) is 5.82 Å². The first kappa shape index (κ1) is 23.5. The Morgan fingerprint density at radius 1 is 1.12 bits per heavy atom. The number of carboxylic acids is 1. The molecule has 2 fully saturated rings. The number of nitrogens with one attached hydrogen (secondary N) is 1. The average Bonchev–Trinajstić information content (AvgIpc) is 3.37. The van der Waals surface area contributed by atoms with Crippen LogP contribution in [0, 0.1) is 5.92 Å². The zero-order valence-electron chi connectivity index (χ0n) is 17.7. The fourth-order valence-corrected chi connectivity index (χ4v) is 6.08. The zero-order valence-corrected chi connectivity index (χ0v) is 18.5. The molecule has 1 aromatic heterocycles. The van der Waals surface area contributed by atoms with Crippen LogP contribution in [0.1, 0.15) is 24.0 Å². The van der Waals surface area contributed by atoms with Gasteiger partial charge in [-0.3, -0.25) is 4.79 Å². The van der Waals surface area contributed by atoms with E-state index in [-0.39, 0.29) is 26.2 Å². The third-order valence-corrected chi connectivity index (χ3v) is 8.03. The Labute approximate surface area is 189 Å². The first-order valence-electron chi connectivity index (χ1n) is 10.3. The highest BCUT2D eigenvalue weighted by molar-refractivity contribution is 7.87. The van der Waals surface area contributed by atoms with Gasteiger partial charge in [-0.1, -0.05) is 37.3 Å². The van der Waals surface area contributed by atoms with Gasteiger partial charge in [0.15, 0.2) is 0 Å². The Morgan fingerprint density at radius 3 is 2.27 bits per heavy atom. The average molecular weight is 485 g/mol. The number of rotatable bonds is 6. The molecule has 2 aromatic rings. The van der Waals surface area contributed by atoms with Crippen LogP contribution in [-0.4, -0.2) is 60.5 Å². The van der Waals surface area contributed by atoms with Crippen LogP contribution in [0.15, 0.2) is 48.7 Å². The third kappa shape index (κ3) is 4.30. The van der Waals surface area contributed by atoms with Crippen LogP contribution in [0.5, 0.6) is 0 Å². The third-order valence-electron chi connectivity index (χ3n) is 6.39. The van der Waals surface area contributed by atoms with Crippen molar-refractivity contribution in [2.45, 2.75) is 24.6 Å². The van der Waals surface area contributed by atoms with Crippen LogP contribution < -0.4 is 9.62 Å². The van der Waals surface area contributed by atoms with Crippen molar-refractivity contribution in [3.05, 3.63) is 59.8 Å². The molecule has 12 heteroatoms. The van der Waals surface area contributed by atoms with Gasteiger partial charge in [0, 0.05) is 38.3 Å². The van der Waals surface area contributed by atoms with Gasteiger partial charge < -0.3 is 10.0 Å². The van der Waals surface area contributed by atoms with Gasteiger partial charge in [0.25, 0.3) is 10.2 Å². The minimum Gasteiger partial charge on any atom is -0.480 e. The summed E-state index contributed by atoms with van der Waals surface area (Å²) in [6.45, 7) is 2.19. The SMILES string of the molecule is C[C@H]1C(c2ccccc2)[C@]1(NS(=O)(=O)N1CCN(c2ccc(C(F)(F)F)cn2)CC1)C(=O)O. The fourth-order valence-electron chi connectivity index (χ4n) is 4.48. The van der Waals surface area contributed by atoms with E-state index in [1.54, 1.807) is 42.2 Å². The number of halogens is 3. The Balaban J connectivity index is 1.44. The van der Waals surface area contributed by atoms with Crippen molar-refractivity contribution >= 4 is 22.0 Å².